The Morgan fingerprint density at radius 2 is 1.81 bits per heavy atom. The molecule has 1 aromatic carbocycles. The van der Waals surface area contributed by atoms with E-state index in [1.54, 1.807) is 28.9 Å². The number of rotatable bonds is 10. The van der Waals surface area contributed by atoms with Crippen LogP contribution in [0.3, 0.4) is 0 Å². The number of carbonyl (C=O) groups excluding carboxylic acids is 2. The van der Waals surface area contributed by atoms with Gasteiger partial charge in [0.15, 0.2) is 11.6 Å². The summed E-state index contributed by atoms with van der Waals surface area (Å²) in [6.45, 7) is 6.00. The van der Waals surface area contributed by atoms with E-state index in [-0.39, 0.29) is 17.4 Å². The molecular formula is C23H27N5O2S. The summed E-state index contributed by atoms with van der Waals surface area (Å²) in [5.74, 6) is 0.908. The maximum Gasteiger partial charge on any atom is 0.224 e. The van der Waals surface area contributed by atoms with Crippen LogP contribution in [0.25, 0.3) is 5.82 Å². The van der Waals surface area contributed by atoms with Gasteiger partial charge in [-0.3, -0.25) is 9.59 Å². The number of amides is 1. The Kier molecular flexibility index (Phi) is 7.94. The maximum atomic E-state index is 12.5. The van der Waals surface area contributed by atoms with Crippen LogP contribution in [0.1, 0.15) is 54.4 Å². The second-order valence-corrected chi connectivity index (χ2v) is 8.36. The fourth-order valence-electron chi connectivity index (χ4n) is 3.09. The van der Waals surface area contributed by atoms with Gasteiger partial charge < -0.3 is 5.32 Å². The largest absolute Gasteiger partial charge is 0.326 e. The summed E-state index contributed by atoms with van der Waals surface area (Å²) in [6.07, 6.45) is 3.54. The lowest BCUT2D eigenvalue weighted by Gasteiger charge is -2.06. The standard InChI is InChI=1S/C23H27N5O2S/c1-4-5-6-7-22(30)24-19-10-8-18(9-11-19)20(29)15-31-23-13-12-21(25-26-23)28-17(3)14-16(2)27-28/h8-14H,4-7,15H2,1-3H3,(H,24,30). The minimum Gasteiger partial charge on any atom is -0.326 e. The summed E-state index contributed by atoms with van der Waals surface area (Å²) in [6, 6.07) is 12.7. The third kappa shape index (κ3) is 6.49. The van der Waals surface area contributed by atoms with E-state index in [0.29, 0.717) is 28.5 Å². The molecule has 0 radical (unpaired) electrons. The Bertz CT molecular complexity index is 1030. The Balaban J connectivity index is 1.51. The Hall–Kier alpha value is -3.00. The normalized spacial score (nSPS) is 10.8. The lowest BCUT2D eigenvalue weighted by Crippen LogP contribution is -2.11. The summed E-state index contributed by atoms with van der Waals surface area (Å²) < 4.78 is 1.74. The first kappa shape index (κ1) is 22.7. The molecule has 0 unspecified atom stereocenters. The number of anilines is 1. The zero-order chi connectivity index (χ0) is 22.2. The van der Waals surface area contributed by atoms with E-state index in [9.17, 15) is 9.59 Å². The van der Waals surface area contributed by atoms with Crippen LogP contribution in [0.5, 0.6) is 0 Å². The van der Waals surface area contributed by atoms with E-state index < -0.39 is 0 Å². The van der Waals surface area contributed by atoms with E-state index in [4.69, 9.17) is 0 Å². The van der Waals surface area contributed by atoms with Crippen molar-refractivity contribution in [2.24, 2.45) is 0 Å². The van der Waals surface area contributed by atoms with Crippen molar-refractivity contribution >= 4 is 29.1 Å². The number of hydrogen-bond donors (Lipinski definition) is 1. The zero-order valence-corrected chi connectivity index (χ0v) is 18.9. The SMILES string of the molecule is CCCCCC(=O)Nc1ccc(C(=O)CSc2ccc(-n3nc(C)cc3C)nn2)cc1. The number of nitrogens with zero attached hydrogens (tertiary/aromatic N) is 4. The first-order valence-electron chi connectivity index (χ1n) is 10.4. The van der Waals surface area contributed by atoms with Crippen molar-refractivity contribution in [1.29, 1.82) is 0 Å². The molecule has 0 bridgehead atoms. The van der Waals surface area contributed by atoms with Crippen molar-refractivity contribution in [2.45, 2.75) is 51.5 Å². The minimum absolute atomic E-state index is 0.00440. The van der Waals surface area contributed by atoms with Gasteiger partial charge in [0.05, 0.1) is 11.4 Å². The Labute approximate surface area is 186 Å². The number of aromatic nitrogens is 4. The monoisotopic (exact) mass is 437 g/mol. The van der Waals surface area contributed by atoms with E-state index in [2.05, 4.69) is 27.5 Å². The van der Waals surface area contributed by atoms with Gasteiger partial charge in [-0.2, -0.15) is 5.10 Å². The molecule has 3 rings (SSSR count). The summed E-state index contributed by atoms with van der Waals surface area (Å²) in [7, 11) is 0. The van der Waals surface area contributed by atoms with Crippen LogP contribution in [0.15, 0.2) is 47.5 Å². The number of hydrogen-bond acceptors (Lipinski definition) is 6. The second kappa shape index (κ2) is 10.9. The number of carbonyl (C=O) groups is 2. The van der Waals surface area contributed by atoms with E-state index in [1.807, 2.05) is 32.0 Å². The van der Waals surface area contributed by atoms with Crippen molar-refractivity contribution < 1.29 is 9.59 Å². The van der Waals surface area contributed by atoms with Crippen molar-refractivity contribution in [3.63, 3.8) is 0 Å². The molecule has 7 nitrogen and oxygen atoms in total. The number of Topliss-reactive ketones (excluding diaryl/α,β-unsaturated/α-hetero) is 1. The van der Waals surface area contributed by atoms with Crippen molar-refractivity contribution in [1.82, 2.24) is 20.0 Å². The Morgan fingerprint density at radius 1 is 1.03 bits per heavy atom. The number of nitrogens with one attached hydrogen (secondary N) is 1. The van der Waals surface area contributed by atoms with Crippen molar-refractivity contribution in [3.8, 4) is 5.82 Å². The highest BCUT2D eigenvalue weighted by Crippen LogP contribution is 2.19. The van der Waals surface area contributed by atoms with Crippen molar-refractivity contribution in [2.75, 3.05) is 11.1 Å². The predicted molar refractivity (Wildman–Crippen MR) is 123 cm³/mol. The average molecular weight is 438 g/mol. The van der Waals surface area contributed by atoms with Gasteiger partial charge in [0.25, 0.3) is 0 Å². The van der Waals surface area contributed by atoms with Crippen LogP contribution in [0, 0.1) is 13.8 Å². The topological polar surface area (TPSA) is 89.8 Å². The molecule has 0 aliphatic carbocycles. The molecule has 2 aromatic heterocycles. The predicted octanol–water partition coefficient (Wildman–Crippen LogP) is 4.77. The van der Waals surface area contributed by atoms with Gasteiger partial charge in [-0.1, -0.05) is 31.5 Å². The van der Waals surface area contributed by atoms with Gasteiger partial charge >= 0.3 is 0 Å². The molecular weight excluding hydrogens is 410 g/mol. The van der Waals surface area contributed by atoms with Gasteiger partial charge in [0, 0.05) is 23.4 Å². The lowest BCUT2D eigenvalue weighted by atomic mass is 10.1. The van der Waals surface area contributed by atoms with Crippen LogP contribution < -0.4 is 5.32 Å². The first-order chi connectivity index (χ1) is 15.0. The van der Waals surface area contributed by atoms with Gasteiger partial charge in [-0.15, -0.1) is 10.2 Å². The fraction of sp³-hybridized carbons (Fsp3) is 0.348. The van der Waals surface area contributed by atoms with Crippen LogP contribution >= 0.6 is 11.8 Å². The van der Waals surface area contributed by atoms with Gasteiger partial charge in [0.2, 0.25) is 5.91 Å². The number of thioether (sulfide) groups is 1. The Morgan fingerprint density at radius 3 is 2.42 bits per heavy atom. The van der Waals surface area contributed by atoms with Gasteiger partial charge in [-0.25, -0.2) is 4.68 Å². The number of aryl methyl sites for hydroxylation is 2. The summed E-state index contributed by atoms with van der Waals surface area (Å²) >= 11 is 1.34. The molecule has 1 amide bonds. The molecule has 3 aromatic rings. The molecule has 0 saturated heterocycles. The van der Waals surface area contributed by atoms with Gasteiger partial charge in [-0.05, 0) is 62.7 Å². The highest BCUT2D eigenvalue weighted by atomic mass is 32.2. The molecule has 0 aliphatic rings. The summed E-state index contributed by atoms with van der Waals surface area (Å²) in [5, 5.41) is 16.4. The third-order valence-electron chi connectivity index (χ3n) is 4.70. The summed E-state index contributed by atoms with van der Waals surface area (Å²) in [4.78, 5) is 24.4. The number of ketones is 1. The average Bonchev–Trinajstić information content (AvgIpc) is 3.11. The molecule has 0 saturated carbocycles. The molecule has 1 N–H and O–H groups in total. The van der Waals surface area contributed by atoms with Crippen LogP contribution in [0.2, 0.25) is 0 Å². The number of benzene rings is 1. The zero-order valence-electron chi connectivity index (χ0n) is 18.1. The van der Waals surface area contributed by atoms with Crippen LogP contribution in [-0.4, -0.2) is 37.4 Å². The molecule has 31 heavy (non-hydrogen) atoms. The van der Waals surface area contributed by atoms with E-state index >= 15 is 0 Å². The fourth-order valence-corrected chi connectivity index (χ4v) is 3.79. The minimum atomic E-state index is -0.00440. The van der Waals surface area contributed by atoms with E-state index in [1.165, 1.54) is 11.8 Å². The van der Waals surface area contributed by atoms with Crippen LogP contribution in [-0.2, 0) is 4.79 Å². The smallest absolute Gasteiger partial charge is 0.224 e. The second-order valence-electron chi connectivity index (χ2n) is 7.36. The van der Waals surface area contributed by atoms with Crippen LogP contribution in [0.4, 0.5) is 5.69 Å². The lowest BCUT2D eigenvalue weighted by molar-refractivity contribution is -0.116. The molecule has 2 heterocycles. The van der Waals surface area contributed by atoms with E-state index in [0.717, 1.165) is 30.7 Å². The first-order valence-corrected chi connectivity index (χ1v) is 11.4. The van der Waals surface area contributed by atoms with Gasteiger partial charge in [0.1, 0.15) is 5.03 Å². The highest BCUT2D eigenvalue weighted by molar-refractivity contribution is 7.99. The maximum absolute atomic E-state index is 12.5. The number of unbranched alkanes of at least 4 members (excludes halogenated alkanes) is 2. The molecule has 162 valence electrons. The molecule has 8 heteroatoms. The molecule has 0 spiro atoms. The molecule has 0 aliphatic heterocycles. The molecule has 0 fully saturated rings. The summed E-state index contributed by atoms with van der Waals surface area (Å²) in [5.41, 5.74) is 3.22. The third-order valence-corrected chi connectivity index (χ3v) is 5.62. The highest BCUT2D eigenvalue weighted by Gasteiger charge is 2.10. The quantitative estimate of drug-likeness (QED) is 0.279. The molecule has 0 atom stereocenters. The van der Waals surface area contributed by atoms with Crippen molar-refractivity contribution in [3.05, 3.63) is 59.4 Å².